The summed E-state index contributed by atoms with van der Waals surface area (Å²) in [6.45, 7) is 0. The number of hydrogen-bond donors (Lipinski definition) is 0. The van der Waals surface area contributed by atoms with Crippen molar-refractivity contribution in [3.05, 3.63) is 24.3 Å². The summed E-state index contributed by atoms with van der Waals surface area (Å²) in [5, 5.41) is 0. The van der Waals surface area contributed by atoms with Crippen LogP contribution < -0.4 is 0 Å². The SMILES string of the molecule is Cl.O=S(=O)=C1C=CC=CC1. The molecule has 0 aromatic carbocycles. The van der Waals surface area contributed by atoms with Gasteiger partial charge in [-0.05, 0) is 6.08 Å². The van der Waals surface area contributed by atoms with Gasteiger partial charge < -0.3 is 0 Å². The molecule has 1 aliphatic rings. The zero-order valence-electron chi connectivity index (χ0n) is 5.15. The van der Waals surface area contributed by atoms with Crippen molar-refractivity contribution in [1.29, 1.82) is 0 Å². The lowest BCUT2D eigenvalue weighted by atomic mass is 10.2. The lowest BCUT2D eigenvalue weighted by Gasteiger charge is -1.91. The summed E-state index contributed by atoms with van der Waals surface area (Å²) in [7, 11) is -2.02. The van der Waals surface area contributed by atoms with Crippen LogP contribution in [0.1, 0.15) is 6.42 Å². The standard InChI is InChI=1S/C6H6O2S.ClH/c7-9(8)6-4-2-1-3-5-6;/h1-4H,5H2;1H. The predicted molar refractivity (Wildman–Crippen MR) is 44.1 cm³/mol. The van der Waals surface area contributed by atoms with Gasteiger partial charge in [-0.3, -0.25) is 0 Å². The van der Waals surface area contributed by atoms with Crippen molar-refractivity contribution >= 4 is 27.6 Å². The first kappa shape index (κ1) is 9.46. The molecule has 1 rings (SSSR count). The molecule has 0 spiro atoms. The molecule has 2 nitrogen and oxygen atoms in total. The Bertz CT molecular complexity index is 277. The summed E-state index contributed by atoms with van der Waals surface area (Å²) in [5.74, 6) is 0. The van der Waals surface area contributed by atoms with Crippen molar-refractivity contribution in [3.63, 3.8) is 0 Å². The third-order valence-corrected chi connectivity index (χ3v) is 1.79. The molecule has 56 valence electrons. The van der Waals surface area contributed by atoms with Crippen molar-refractivity contribution < 1.29 is 8.42 Å². The molecular weight excluding hydrogens is 172 g/mol. The highest BCUT2D eigenvalue weighted by Crippen LogP contribution is 1.96. The molecule has 0 bridgehead atoms. The molecule has 0 saturated carbocycles. The molecule has 0 radical (unpaired) electrons. The Morgan fingerprint density at radius 3 is 2.30 bits per heavy atom. The Kier molecular flexibility index (Phi) is 4.07. The summed E-state index contributed by atoms with van der Waals surface area (Å²) in [6, 6.07) is 0. The van der Waals surface area contributed by atoms with Crippen LogP contribution in [0.4, 0.5) is 0 Å². The summed E-state index contributed by atoms with van der Waals surface area (Å²) in [4.78, 5) is 0.456. The fourth-order valence-electron chi connectivity index (χ4n) is 0.617. The maximum Gasteiger partial charge on any atom is 0.217 e. The zero-order chi connectivity index (χ0) is 6.69. The predicted octanol–water partition coefficient (Wildman–Crippen LogP) is 0.976. The fourth-order valence-corrected chi connectivity index (χ4v) is 1.04. The molecule has 4 heteroatoms. The van der Waals surface area contributed by atoms with Crippen LogP contribution >= 0.6 is 12.4 Å². The Labute approximate surface area is 67.2 Å². The minimum Gasteiger partial charge on any atom is -0.184 e. The Morgan fingerprint density at radius 2 is 2.00 bits per heavy atom. The quantitative estimate of drug-likeness (QED) is 0.519. The average molecular weight is 179 g/mol. The number of rotatable bonds is 0. The molecular formula is C6H7ClO2S. The van der Waals surface area contributed by atoms with E-state index < -0.39 is 10.3 Å². The van der Waals surface area contributed by atoms with Gasteiger partial charge in [-0.25, -0.2) is 0 Å². The third kappa shape index (κ3) is 2.37. The maximum absolute atomic E-state index is 10.2. The van der Waals surface area contributed by atoms with Gasteiger partial charge in [0.1, 0.15) is 0 Å². The molecule has 0 N–H and O–H groups in total. The molecule has 0 atom stereocenters. The highest BCUT2D eigenvalue weighted by Gasteiger charge is 1.94. The smallest absolute Gasteiger partial charge is 0.184 e. The molecule has 0 amide bonds. The van der Waals surface area contributed by atoms with E-state index in [1.807, 2.05) is 12.2 Å². The van der Waals surface area contributed by atoms with Gasteiger partial charge in [0.25, 0.3) is 0 Å². The maximum atomic E-state index is 10.2. The molecule has 0 aromatic rings. The molecule has 0 heterocycles. The lowest BCUT2D eigenvalue weighted by Crippen LogP contribution is -1.94. The molecule has 0 aromatic heterocycles. The minimum atomic E-state index is -2.02. The van der Waals surface area contributed by atoms with E-state index in [0.717, 1.165) is 0 Å². The summed E-state index contributed by atoms with van der Waals surface area (Å²) in [5.41, 5.74) is 0. The van der Waals surface area contributed by atoms with Crippen LogP contribution in [-0.2, 0) is 10.3 Å². The Balaban J connectivity index is 0.000000810. The van der Waals surface area contributed by atoms with Crippen LogP contribution in [0.15, 0.2) is 24.3 Å². The van der Waals surface area contributed by atoms with Crippen LogP contribution in [0.2, 0.25) is 0 Å². The Morgan fingerprint density at radius 1 is 1.30 bits per heavy atom. The molecule has 0 aliphatic heterocycles. The second kappa shape index (κ2) is 4.30. The van der Waals surface area contributed by atoms with E-state index in [1.165, 1.54) is 0 Å². The Hall–Kier alpha value is -0.540. The molecule has 0 saturated heterocycles. The molecule has 0 unspecified atom stereocenters. The molecule has 1 aliphatic carbocycles. The van der Waals surface area contributed by atoms with Gasteiger partial charge >= 0.3 is 0 Å². The van der Waals surface area contributed by atoms with Crippen molar-refractivity contribution in [2.45, 2.75) is 6.42 Å². The van der Waals surface area contributed by atoms with Crippen LogP contribution in [0.3, 0.4) is 0 Å². The first-order valence-corrected chi connectivity index (χ1v) is 3.66. The normalized spacial score (nSPS) is 14.6. The van der Waals surface area contributed by atoms with Gasteiger partial charge in [0.05, 0.1) is 4.86 Å². The van der Waals surface area contributed by atoms with Gasteiger partial charge in [0.2, 0.25) is 10.3 Å². The van der Waals surface area contributed by atoms with Crippen LogP contribution in [0.5, 0.6) is 0 Å². The lowest BCUT2D eigenvalue weighted by molar-refractivity contribution is 0.627. The highest BCUT2D eigenvalue weighted by molar-refractivity contribution is 7.73. The summed E-state index contributed by atoms with van der Waals surface area (Å²) >= 11 is 0. The third-order valence-electron chi connectivity index (χ3n) is 1.06. The van der Waals surface area contributed by atoms with E-state index >= 15 is 0 Å². The second-order valence-corrected chi connectivity index (χ2v) is 2.69. The van der Waals surface area contributed by atoms with E-state index in [4.69, 9.17) is 0 Å². The van der Waals surface area contributed by atoms with Gasteiger partial charge in [-0.1, -0.05) is 18.2 Å². The number of halogens is 1. The number of allylic oxidation sites excluding steroid dienone is 4. The van der Waals surface area contributed by atoms with E-state index in [9.17, 15) is 8.42 Å². The van der Waals surface area contributed by atoms with E-state index in [1.54, 1.807) is 12.2 Å². The monoisotopic (exact) mass is 178 g/mol. The van der Waals surface area contributed by atoms with Gasteiger partial charge in [-0.15, -0.1) is 12.4 Å². The van der Waals surface area contributed by atoms with E-state index in [-0.39, 0.29) is 12.4 Å². The van der Waals surface area contributed by atoms with Crippen molar-refractivity contribution in [2.75, 3.05) is 0 Å². The second-order valence-electron chi connectivity index (χ2n) is 1.69. The van der Waals surface area contributed by atoms with E-state index in [0.29, 0.717) is 11.3 Å². The largest absolute Gasteiger partial charge is 0.217 e. The zero-order valence-corrected chi connectivity index (χ0v) is 6.78. The van der Waals surface area contributed by atoms with Crippen molar-refractivity contribution in [2.24, 2.45) is 0 Å². The van der Waals surface area contributed by atoms with Crippen LogP contribution in [0.25, 0.3) is 0 Å². The topological polar surface area (TPSA) is 34.1 Å². The van der Waals surface area contributed by atoms with Gasteiger partial charge in [0.15, 0.2) is 0 Å². The summed E-state index contributed by atoms with van der Waals surface area (Å²) in [6.07, 6.45) is 7.49. The highest BCUT2D eigenvalue weighted by atomic mass is 35.5. The van der Waals surface area contributed by atoms with Crippen LogP contribution in [0, 0.1) is 0 Å². The van der Waals surface area contributed by atoms with Crippen molar-refractivity contribution in [1.82, 2.24) is 0 Å². The summed E-state index contributed by atoms with van der Waals surface area (Å²) < 4.78 is 20.5. The molecule has 0 fully saturated rings. The molecule has 10 heavy (non-hydrogen) atoms. The first-order valence-electron chi connectivity index (χ1n) is 2.59. The van der Waals surface area contributed by atoms with Gasteiger partial charge in [0, 0.05) is 6.42 Å². The van der Waals surface area contributed by atoms with E-state index in [2.05, 4.69) is 0 Å². The van der Waals surface area contributed by atoms with Gasteiger partial charge in [-0.2, -0.15) is 8.42 Å². The van der Waals surface area contributed by atoms with Crippen molar-refractivity contribution in [3.8, 4) is 0 Å². The number of hydrogen-bond acceptors (Lipinski definition) is 2. The first-order chi connectivity index (χ1) is 4.30. The fraction of sp³-hybridized carbons (Fsp3) is 0.167. The average Bonchev–Trinajstić information content (AvgIpc) is 1.90. The minimum absolute atomic E-state index is 0. The van der Waals surface area contributed by atoms with Crippen LogP contribution in [-0.4, -0.2) is 13.3 Å².